The zero-order valence-electron chi connectivity index (χ0n) is 10.6. The summed E-state index contributed by atoms with van der Waals surface area (Å²) in [5.74, 6) is -0.913. The first-order valence-corrected chi connectivity index (χ1v) is 7.38. The third-order valence-corrected chi connectivity index (χ3v) is 4.13. The number of halogens is 1. The SMILES string of the molecule is Cc1cc(C(=O)NC2CC2C)cc(S(N)(=O)=O)c1F. The van der Waals surface area contributed by atoms with Gasteiger partial charge in [0, 0.05) is 11.6 Å². The molecule has 104 valence electrons. The van der Waals surface area contributed by atoms with Gasteiger partial charge in [0.2, 0.25) is 10.0 Å². The zero-order chi connectivity index (χ0) is 14.4. The molecule has 0 aromatic heterocycles. The summed E-state index contributed by atoms with van der Waals surface area (Å²) in [6.07, 6.45) is 0.897. The second kappa shape index (κ2) is 4.57. The van der Waals surface area contributed by atoms with Gasteiger partial charge in [-0.3, -0.25) is 4.79 Å². The van der Waals surface area contributed by atoms with Crippen LogP contribution in [0.5, 0.6) is 0 Å². The van der Waals surface area contributed by atoms with Gasteiger partial charge in [0.15, 0.2) is 0 Å². The standard InChI is InChI=1S/C12H15FN2O3S/c1-6-4-9(6)15-12(16)8-3-7(2)11(13)10(5-8)19(14,17)18/h3,5-6,9H,4H2,1-2H3,(H,15,16)(H2,14,17,18). The van der Waals surface area contributed by atoms with E-state index in [0.29, 0.717) is 5.92 Å². The van der Waals surface area contributed by atoms with Crippen molar-refractivity contribution in [3.05, 3.63) is 29.1 Å². The van der Waals surface area contributed by atoms with Crippen LogP contribution >= 0.6 is 0 Å². The van der Waals surface area contributed by atoms with Crippen molar-refractivity contribution >= 4 is 15.9 Å². The Bertz CT molecular complexity index is 643. The van der Waals surface area contributed by atoms with Crippen LogP contribution in [0.1, 0.15) is 29.3 Å². The van der Waals surface area contributed by atoms with Crippen molar-refractivity contribution in [2.24, 2.45) is 11.1 Å². The first kappa shape index (κ1) is 14.0. The van der Waals surface area contributed by atoms with Crippen molar-refractivity contribution in [1.82, 2.24) is 5.32 Å². The van der Waals surface area contributed by atoms with E-state index >= 15 is 0 Å². The normalized spacial score (nSPS) is 22.1. The van der Waals surface area contributed by atoms with Gasteiger partial charge in [0.25, 0.3) is 5.91 Å². The van der Waals surface area contributed by atoms with Crippen LogP contribution < -0.4 is 10.5 Å². The average Bonchev–Trinajstić information content (AvgIpc) is 2.96. The second-order valence-electron chi connectivity index (χ2n) is 4.94. The van der Waals surface area contributed by atoms with Gasteiger partial charge >= 0.3 is 0 Å². The molecule has 2 rings (SSSR count). The maximum atomic E-state index is 13.7. The second-order valence-corrected chi connectivity index (χ2v) is 6.47. The van der Waals surface area contributed by atoms with Crippen molar-refractivity contribution in [2.45, 2.75) is 31.2 Å². The van der Waals surface area contributed by atoms with E-state index in [4.69, 9.17) is 5.14 Å². The van der Waals surface area contributed by atoms with Gasteiger partial charge in [-0.2, -0.15) is 0 Å². The number of amides is 1. The fourth-order valence-corrected chi connectivity index (χ4v) is 2.55. The highest BCUT2D eigenvalue weighted by Gasteiger charge is 2.34. The van der Waals surface area contributed by atoms with Crippen molar-refractivity contribution in [3.8, 4) is 0 Å². The smallest absolute Gasteiger partial charge is 0.251 e. The Labute approximate surface area is 111 Å². The molecule has 7 heteroatoms. The molecule has 1 aliphatic carbocycles. The summed E-state index contributed by atoms with van der Waals surface area (Å²) in [5, 5.41) is 7.68. The summed E-state index contributed by atoms with van der Waals surface area (Å²) in [7, 11) is -4.19. The quantitative estimate of drug-likeness (QED) is 0.866. The number of carbonyl (C=O) groups excluding carboxylic acids is 1. The van der Waals surface area contributed by atoms with E-state index in [0.717, 1.165) is 12.5 Å². The first-order valence-electron chi connectivity index (χ1n) is 5.84. The number of hydrogen-bond donors (Lipinski definition) is 2. The molecule has 1 saturated carbocycles. The van der Waals surface area contributed by atoms with Crippen LogP contribution in [0.2, 0.25) is 0 Å². The molecule has 0 heterocycles. The summed E-state index contributed by atoms with van der Waals surface area (Å²) >= 11 is 0. The maximum Gasteiger partial charge on any atom is 0.251 e. The van der Waals surface area contributed by atoms with Crippen molar-refractivity contribution in [2.75, 3.05) is 0 Å². The molecule has 2 atom stereocenters. The third-order valence-electron chi connectivity index (χ3n) is 3.22. The van der Waals surface area contributed by atoms with E-state index in [1.807, 2.05) is 6.92 Å². The topological polar surface area (TPSA) is 89.3 Å². The molecule has 19 heavy (non-hydrogen) atoms. The van der Waals surface area contributed by atoms with Crippen molar-refractivity contribution < 1.29 is 17.6 Å². The summed E-state index contributed by atoms with van der Waals surface area (Å²) in [4.78, 5) is 11.3. The van der Waals surface area contributed by atoms with Gasteiger partial charge in [-0.1, -0.05) is 6.92 Å². The maximum absolute atomic E-state index is 13.7. The monoisotopic (exact) mass is 286 g/mol. The lowest BCUT2D eigenvalue weighted by molar-refractivity contribution is 0.0949. The number of hydrogen-bond acceptors (Lipinski definition) is 3. The van der Waals surface area contributed by atoms with Crippen molar-refractivity contribution in [3.63, 3.8) is 0 Å². The van der Waals surface area contributed by atoms with Gasteiger partial charge in [-0.15, -0.1) is 0 Å². The number of sulfonamides is 1. The van der Waals surface area contributed by atoms with Crippen LogP contribution in [0.3, 0.4) is 0 Å². The van der Waals surface area contributed by atoms with E-state index in [1.165, 1.54) is 13.0 Å². The predicted molar refractivity (Wildman–Crippen MR) is 67.5 cm³/mol. The van der Waals surface area contributed by atoms with E-state index in [1.54, 1.807) is 0 Å². The van der Waals surface area contributed by atoms with Crippen LogP contribution in [-0.2, 0) is 10.0 Å². The van der Waals surface area contributed by atoms with E-state index in [-0.39, 0.29) is 17.2 Å². The minimum Gasteiger partial charge on any atom is -0.349 e. The zero-order valence-corrected chi connectivity index (χ0v) is 11.4. The Morgan fingerprint density at radius 3 is 2.53 bits per heavy atom. The minimum atomic E-state index is -4.19. The molecule has 0 spiro atoms. The molecule has 1 amide bonds. The largest absolute Gasteiger partial charge is 0.349 e. The number of nitrogens with two attached hydrogens (primary N) is 1. The molecular formula is C12H15FN2O3S. The fraction of sp³-hybridized carbons (Fsp3) is 0.417. The molecule has 1 fully saturated rings. The Morgan fingerprint density at radius 2 is 2.05 bits per heavy atom. The summed E-state index contributed by atoms with van der Waals surface area (Å²) in [5.41, 5.74) is 0.169. The molecule has 1 aliphatic rings. The summed E-state index contributed by atoms with van der Waals surface area (Å²) in [6.45, 7) is 3.39. The number of carbonyl (C=O) groups is 1. The highest BCUT2D eigenvalue weighted by atomic mass is 32.2. The molecule has 1 aromatic carbocycles. The minimum absolute atomic E-state index is 0.0699. The molecule has 5 nitrogen and oxygen atoms in total. The molecule has 0 radical (unpaired) electrons. The van der Waals surface area contributed by atoms with Gasteiger partial charge in [0.1, 0.15) is 10.7 Å². The highest BCUT2D eigenvalue weighted by Crippen LogP contribution is 2.29. The van der Waals surface area contributed by atoms with E-state index in [2.05, 4.69) is 5.32 Å². The molecule has 0 saturated heterocycles. The number of benzene rings is 1. The molecule has 2 unspecified atom stereocenters. The van der Waals surface area contributed by atoms with Crippen molar-refractivity contribution in [1.29, 1.82) is 0 Å². The van der Waals surface area contributed by atoms with E-state index < -0.39 is 26.6 Å². The van der Waals surface area contributed by atoms with Crippen LogP contribution in [0.15, 0.2) is 17.0 Å². The summed E-state index contributed by atoms with van der Waals surface area (Å²) < 4.78 is 36.2. The number of rotatable bonds is 3. The van der Waals surface area contributed by atoms with E-state index in [9.17, 15) is 17.6 Å². The highest BCUT2D eigenvalue weighted by molar-refractivity contribution is 7.89. The van der Waals surface area contributed by atoms with Gasteiger partial charge in [-0.25, -0.2) is 17.9 Å². The van der Waals surface area contributed by atoms with Crippen LogP contribution in [0.4, 0.5) is 4.39 Å². The van der Waals surface area contributed by atoms with Gasteiger partial charge < -0.3 is 5.32 Å². The molecule has 0 aliphatic heterocycles. The molecule has 3 N–H and O–H groups in total. The average molecular weight is 286 g/mol. The Morgan fingerprint density at radius 1 is 1.47 bits per heavy atom. The number of aryl methyl sites for hydroxylation is 1. The predicted octanol–water partition coefficient (Wildman–Crippen LogP) is 0.920. The lowest BCUT2D eigenvalue weighted by Crippen LogP contribution is -2.27. The Balaban J connectivity index is 2.36. The van der Waals surface area contributed by atoms with Gasteiger partial charge in [0.05, 0.1) is 0 Å². The number of primary sulfonamides is 1. The lowest BCUT2D eigenvalue weighted by atomic mass is 10.1. The number of nitrogens with one attached hydrogen (secondary N) is 1. The van der Waals surface area contributed by atoms with Gasteiger partial charge in [-0.05, 0) is 37.0 Å². The molecule has 0 bridgehead atoms. The van der Waals surface area contributed by atoms with Crippen LogP contribution in [-0.4, -0.2) is 20.4 Å². The molecular weight excluding hydrogens is 271 g/mol. The molecule has 1 aromatic rings. The lowest BCUT2D eigenvalue weighted by Gasteiger charge is -2.09. The van der Waals surface area contributed by atoms with Crippen LogP contribution in [0.25, 0.3) is 0 Å². The third kappa shape index (κ3) is 2.93. The summed E-state index contributed by atoms with van der Waals surface area (Å²) in [6, 6.07) is 2.39. The fourth-order valence-electron chi connectivity index (χ4n) is 1.85. The Kier molecular flexibility index (Phi) is 3.36. The Hall–Kier alpha value is -1.47. The first-order chi connectivity index (χ1) is 8.70. The van der Waals surface area contributed by atoms with Crippen LogP contribution in [0, 0.1) is 18.7 Å².